The average Bonchev–Trinajstić information content (AvgIpc) is 2.45. The first kappa shape index (κ1) is 15.8. The van der Waals surface area contributed by atoms with E-state index in [9.17, 15) is 9.90 Å². The highest BCUT2D eigenvalue weighted by Gasteiger charge is 2.30. The third-order valence-corrected chi connectivity index (χ3v) is 4.40. The molecule has 3 unspecified atom stereocenters. The first-order valence-electron chi connectivity index (χ1n) is 7.47. The highest BCUT2D eigenvalue weighted by Crippen LogP contribution is 2.21. The molecule has 5 heteroatoms. The second-order valence-corrected chi connectivity index (χ2v) is 6.07. The molecule has 1 heterocycles. The van der Waals surface area contributed by atoms with Crippen LogP contribution in [-0.2, 0) is 4.79 Å². The van der Waals surface area contributed by atoms with Crippen LogP contribution in [0.1, 0.15) is 25.8 Å². The van der Waals surface area contributed by atoms with Gasteiger partial charge in [-0.3, -0.25) is 9.69 Å². The Balaban J connectivity index is 2.01. The van der Waals surface area contributed by atoms with Crippen LogP contribution in [0.25, 0.3) is 0 Å². The number of hydrogen-bond acceptors (Lipinski definition) is 4. The molecule has 1 fully saturated rings. The number of nitrogens with zero attached hydrogens (tertiary/aromatic N) is 1. The van der Waals surface area contributed by atoms with Crippen LogP contribution in [-0.4, -0.2) is 41.1 Å². The van der Waals surface area contributed by atoms with Crippen molar-refractivity contribution in [1.82, 2.24) is 4.90 Å². The summed E-state index contributed by atoms with van der Waals surface area (Å²) < 4.78 is 0. The number of amides is 1. The fourth-order valence-electron chi connectivity index (χ4n) is 2.60. The van der Waals surface area contributed by atoms with E-state index in [4.69, 9.17) is 5.73 Å². The molecule has 1 aliphatic rings. The van der Waals surface area contributed by atoms with E-state index in [1.807, 2.05) is 37.8 Å². The molecule has 3 atom stereocenters. The Morgan fingerprint density at radius 3 is 2.90 bits per heavy atom. The molecule has 116 valence electrons. The standard InChI is InChI=1S/C16H25N3O2/c1-10-4-5-13(17)8-14(10)18-16(21)12(3)19-7-6-11(2)15(20)9-19/h4-5,8,11-12,15,20H,6-7,9,17H2,1-3H3,(H,18,21). The van der Waals surface area contributed by atoms with Crippen LogP contribution in [0.5, 0.6) is 0 Å². The number of nitrogens with one attached hydrogen (secondary N) is 1. The quantitative estimate of drug-likeness (QED) is 0.739. The van der Waals surface area contributed by atoms with E-state index in [2.05, 4.69) is 5.32 Å². The minimum Gasteiger partial charge on any atom is -0.399 e. The molecule has 1 saturated heterocycles. The predicted octanol–water partition coefficient (Wildman–Crippen LogP) is 1.61. The van der Waals surface area contributed by atoms with E-state index >= 15 is 0 Å². The third kappa shape index (κ3) is 3.74. The Hall–Kier alpha value is -1.59. The summed E-state index contributed by atoms with van der Waals surface area (Å²) in [6.45, 7) is 7.24. The number of carbonyl (C=O) groups is 1. The molecule has 2 rings (SSSR count). The molecule has 1 aliphatic heterocycles. The van der Waals surface area contributed by atoms with Gasteiger partial charge in [0.1, 0.15) is 0 Å². The van der Waals surface area contributed by atoms with E-state index in [0.717, 1.165) is 24.2 Å². The van der Waals surface area contributed by atoms with Gasteiger partial charge in [-0.05, 0) is 50.4 Å². The molecular weight excluding hydrogens is 266 g/mol. The van der Waals surface area contributed by atoms with Gasteiger partial charge in [-0.2, -0.15) is 0 Å². The number of nitrogen functional groups attached to an aromatic ring is 1. The van der Waals surface area contributed by atoms with Gasteiger partial charge in [0.25, 0.3) is 0 Å². The fraction of sp³-hybridized carbons (Fsp3) is 0.562. The Labute approximate surface area is 126 Å². The van der Waals surface area contributed by atoms with Crippen molar-refractivity contribution in [1.29, 1.82) is 0 Å². The predicted molar refractivity (Wildman–Crippen MR) is 85.0 cm³/mol. The highest BCUT2D eigenvalue weighted by atomic mass is 16.3. The van der Waals surface area contributed by atoms with E-state index < -0.39 is 0 Å². The number of hydrogen-bond donors (Lipinski definition) is 3. The van der Waals surface area contributed by atoms with Crippen molar-refractivity contribution in [2.75, 3.05) is 24.1 Å². The summed E-state index contributed by atoms with van der Waals surface area (Å²) in [5.41, 5.74) is 8.12. The zero-order valence-electron chi connectivity index (χ0n) is 13.0. The van der Waals surface area contributed by atoms with Crippen LogP contribution < -0.4 is 11.1 Å². The number of benzene rings is 1. The monoisotopic (exact) mass is 291 g/mol. The topological polar surface area (TPSA) is 78.6 Å². The highest BCUT2D eigenvalue weighted by molar-refractivity contribution is 5.95. The first-order valence-corrected chi connectivity index (χ1v) is 7.47. The summed E-state index contributed by atoms with van der Waals surface area (Å²) in [6.07, 6.45) is 0.555. The molecule has 1 aromatic rings. The second-order valence-electron chi connectivity index (χ2n) is 6.07. The normalized spacial score (nSPS) is 24.6. The summed E-state index contributed by atoms with van der Waals surface area (Å²) in [4.78, 5) is 14.4. The number of likely N-dealkylation sites (tertiary alicyclic amines) is 1. The van der Waals surface area contributed by atoms with Crippen molar-refractivity contribution in [3.63, 3.8) is 0 Å². The molecule has 1 aromatic carbocycles. The van der Waals surface area contributed by atoms with Crippen molar-refractivity contribution in [3.05, 3.63) is 23.8 Å². The summed E-state index contributed by atoms with van der Waals surface area (Å²) in [6, 6.07) is 5.21. The third-order valence-electron chi connectivity index (χ3n) is 4.40. The maximum absolute atomic E-state index is 12.4. The van der Waals surface area contributed by atoms with Crippen molar-refractivity contribution < 1.29 is 9.90 Å². The van der Waals surface area contributed by atoms with Crippen molar-refractivity contribution >= 4 is 17.3 Å². The smallest absolute Gasteiger partial charge is 0.241 e. The lowest BCUT2D eigenvalue weighted by molar-refractivity contribution is -0.122. The lowest BCUT2D eigenvalue weighted by Crippen LogP contribution is -2.50. The van der Waals surface area contributed by atoms with Crippen molar-refractivity contribution in [2.24, 2.45) is 5.92 Å². The van der Waals surface area contributed by atoms with Crippen LogP contribution in [0.3, 0.4) is 0 Å². The average molecular weight is 291 g/mol. The number of carbonyl (C=O) groups excluding carboxylic acids is 1. The van der Waals surface area contributed by atoms with Crippen LogP contribution in [0, 0.1) is 12.8 Å². The maximum Gasteiger partial charge on any atom is 0.241 e. The van der Waals surface area contributed by atoms with Gasteiger partial charge in [0, 0.05) is 17.9 Å². The van der Waals surface area contributed by atoms with Gasteiger partial charge in [0.05, 0.1) is 12.1 Å². The molecule has 0 bridgehead atoms. The molecule has 0 aliphatic carbocycles. The van der Waals surface area contributed by atoms with Gasteiger partial charge in [-0.1, -0.05) is 13.0 Å². The Morgan fingerprint density at radius 1 is 1.52 bits per heavy atom. The summed E-state index contributed by atoms with van der Waals surface area (Å²) in [5, 5.41) is 12.9. The van der Waals surface area contributed by atoms with Crippen LogP contribution in [0.15, 0.2) is 18.2 Å². The Morgan fingerprint density at radius 2 is 2.24 bits per heavy atom. The molecule has 1 amide bonds. The van der Waals surface area contributed by atoms with E-state index in [1.54, 1.807) is 6.07 Å². The van der Waals surface area contributed by atoms with Crippen LogP contribution >= 0.6 is 0 Å². The number of aliphatic hydroxyl groups excluding tert-OH is 1. The molecule has 5 nitrogen and oxygen atoms in total. The number of aliphatic hydroxyl groups is 1. The minimum atomic E-state index is -0.358. The molecule has 0 spiro atoms. The summed E-state index contributed by atoms with van der Waals surface area (Å²) in [5.74, 6) is 0.234. The molecule has 4 N–H and O–H groups in total. The van der Waals surface area contributed by atoms with Gasteiger partial charge in [0.2, 0.25) is 5.91 Å². The molecule has 0 radical (unpaired) electrons. The lowest BCUT2D eigenvalue weighted by Gasteiger charge is -2.37. The molecule has 0 aromatic heterocycles. The maximum atomic E-state index is 12.4. The lowest BCUT2D eigenvalue weighted by atomic mass is 9.95. The second kappa shape index (κ2) is 6.45. The zero-order valence-corrected chi connectivity index (χ0v) is 13.0. The van der Waals surface area contributed by atoms with Gasteiger partial charge >= 0.3 is 0 Å². The van der Waals surface area contributed by atoms with Crippen LogP contribution in [0.4, 0.5) is 11.4 Å². The number of aryl methyl sites for hydroxylation is 1. The number of piperidine rings is 1. The zero-order chi connectivity index (χ0) is 15.6. The number of anilines is 2. The van der Waals surface area contributed by atoms with Gasteiger partial charge in [-0.25, -0.2) is 0 Å². The summed E-state index contributed by atoms with van der Waals surface area (Å²) >= 11 is 0. The number of nitrogens with two attached hydrogens (primary N) is 1. The fourth-order valence-corrected chi connectivity index (χ4v) is 2.60. The van der Waals surface area contributed by atoms with Crippen LogP contribution in [0.2, 0.25) is 0 Å². The Bertz CT molecular complexity index is 518. The number of rotatable bonds is 3. The van der Waals surface area contributed by atoms with Gasteiger partial charge in [-0.15, -0.1) is 0 Å². The van der Waals surface area contributed by atoms with Gasteiger partial charge < -0.3 is 16.2 Å². The molecule has 0 saturated carbocycles. The molecular formula is C16H25N3O2. The van der Waals surface area contributed by atoms with E-state index in [1.165, 1.54) is 0 Å². The van der Waals surface area contributed by atoms with Crippen molar-refractivity contribution in [3.8, 4) is 0 Å². The Kier molecular flexibility index (Phi) is 4.85. The van der Waals surface area contributed by atoms with Gasteiger partial charge in [0.15, 0.2) is 0 Å². The van der Waals surface area contributed by atoms with Crippen molar-refractivity contribution in [2.45, 2.75) is 39.3 Å². The molecule has 21 heavy (non-hydrogen) atoms. The SMILES string of the molecule is Cc1ccc(N)cc1NC(=O)C(C)N1CCC(C)C(O)C1. The van der Waals surface area contributed by atoms with E-state index in [-0.39, 0.29) is 18.1 Å². The largest absolute Gasteiger partial charge is 0.399 e. The summed E-state index contributed by atoms with van der Waals surface area (Å²) in [7, 11) is 0. The van der Waals surface area contributed by atoms with E-state index in [0.29, 0.717) is 18.2 Å². The number of β-amino-alcohol motifs (C(OH)–C–C–N with tert-alkyl or cyclic N) is 1. The minimum absolute atomic E-state index is 0.0644. The first-order chi connectivity index (χ1) is 9.88.